The van der Waals surface area contributed by atoms with Crippen LogP contribution in [0.4, 0.5) is 5.69 Å². The van der Waals surface area contributed by atoms with Crippen LogP contribution in [0.3, 0.4) is 0 Å². The van der Waals surface area contributed by atoms with Gasteiger partial charge in [-0.2, -0.15) is 0 Å². The van der Waals surface area contributed by atoms with Crippen molar-refractivity contribution in [1.29, 1.82) is 0 Å². The maximum absolute atomic E-state index is 12.9. The van der Waals surface area contributed by atoms with E-state index in [1.54, 1.807) is 7.11 Å². The summed E-state index contributed by atoms with van der Waals surface area (Å²) in [5, 5.41) is 6.73. The van der Waals surface area contributed by atoms with Crippen molar-refractivity contribution in [3.8, 4) is 0 Å². The first-order chi connectivity index (χ1) is 16.0. The van der Waals surface area contributed by atoms with Gasteiger partial charge in [-0.05, 0) is 43.4 Å². The van der Waals surface area contributed by atoms with Crippen LogP contribution in [0.15, 0.2) is 24.3 Å². The summed E-state index contributed by atoms with van der Waals surface area (Å²) < 4.78 is 5.29. The predicted octanol–water partition coefficient (Wildman–Crippen LogP) is 1.20. The zero-order valence-electron chi connectivity index (χ0n) is 20.3. The third-order valence-electron chi connectivity index (χ3n) is 7.42. The molecule has 4 rings (SSSR count). The van der Waals surface area contributed by atoms with E-state index in [-0.39, 0.29) is 36.0 Å². The zero-order chi connectivity index (χ0) is 23.4. The molecular weight excluding hydrogens is 418 g/mol. The van der Waals surface area contributed by atoms with Crippen LogP contribution in [0, 0.1) is 0 Å². The summed E-state index contributed by atoms with van der Waals surface area (Å²) in [6, 6.07) is 9.18. The average Bonchev–Trinajstić information content (AvgIpc) is 3.45. The predicted molar refractivity (Wildman–Crippen MR) is 129 cm³/mol. The number of fused-ring (bicyclic) bond motifs is 1. The summed E-state index contributed by atoms with van der Waals surface area (Å²) in [6.45, 7) is 3.72. The molecule has 33 heavy (non-hydrogen) atoms. The van der Waals surface area contributed by atoms with Crippen LogP contribution >= 0.6 is 0 Å². The average molecular weight is 458 g/mol. The van der Waals surface area contributed by atoms with Gasteiger partial charge in [0.2, 0.25) is 11.8 Å². The molecule has 182 valence electrons. The highest BCUT2D eigenvalue weighted by Gasteiger charge is 2.43. The molecule has 0 aliphatic carbocycles. The SMILES string of the molecule is COC[C@H]1CCCN1C(=O)CC[C@@H]1CNC(=O)[C@H]2C[C@@H](NCc3ccc(N(C)C)cc3)CN12. The van der Waals surface area contributed by atoms with Crippen LogP contribution in [-0.4, -0.2) is 93.2 Å². The number of carbonyl (C=O) groups excluding carboxylic acids is 2. The summed E-state index contributed by atoms with van der Waals surface area (Å²) >= 11 is 0. The number of likely N-dealkylation sites (tertiary alicyclic amines) is 1. The normalized spacial score (nSPS) is 27.5. The molecule has 8 heteroatoms. The Morgan fingerprint density at radius 1 is 1.24 bits per heavy atom. The van der Waals surface area contributed by atoms with Gasteiger partial charge in [0.15, 0.2) is 0 Å². The lowest BCUT2D eigenvalue weighted by Crippen LogP contribution is -2.58. The number of rotatable bonds is 9. The quantitative estimate of drug-likeness (QED) is 0.580. The molecule has 3 heterocycles. The van der Waals surface area contributed by atoms with Gasteiger partial charge < -0.3 is 25.2 Å². The van der Waals surface area contributed by atoms with Crippen molar-refractivity contribution in [3.63, 3.8) is 0 Å². The smallest absolute Gasteiger partial charge is 0.237 e. The highest BCUT2D eigenvalue weighted by Crippen LogP contribution is 2.27. The molecule has 3 fully saturated rings. The first kappa shape index (κ1) is 24.0. The van der Waals surface area contributed by atoms with Gasteiger partial charge in [-0.3, -0.25) is 14.5 Å². The van der Waals surface area contributed by atoms with E-state index in [1.165, 1.54) is 11.3 Å². The van der Waals surface area contributed by atoms with Crippen molar-refractivity contribution in [2.45, 2.75) is 62.8 Å². The maximum atomic E-state index is 12.9. The molecule has 0 saturated carbocycles. The third-order valence-corrected chi connectivity index (χ3v) is 7.42. The molecule has 0 aromatic heterocycles. The van der Waals surface area contributed by atoms with E-state index in [4.69, 9.17) is 4.74 Å². The maximum Gasteiger partial charge on any atom is 0.237 e. The first-order valence-corrected chi connectivity index (χ1v) is 12.3. The number of hydrogen-bond acceptors (Lipinski definition) is 6. The number of carbonyl (C=O) groups is 2. The molecule has 0 unspecified atom stereocenters. The van der Waals surface area contributed by atoms with Crippen LogP contribution in [0.2, 0.25) is 0 Å². The van der Waals surface area contributed by atoms with Gasteiger partial charge in [0, 0.05) is 71.6 Å². The third kappa shape index (κ3) is 5.67. The van der Waals surface area contributed by atoms with Crippen molar-refractivity contribution in [2.24, 2.45) is 0 Å². The van der Waals surface area contributed by atoms with Crippen molar-refractivity contribution < 1.29 is 14.3 Å². The number of hydrogen-bond donors (Lipinski definition) is 2. The van der Waals surface area contributed by atoms with E-state index in [0.717, 1.165) is 45.3 Å². The second-order valence-electron chi connectivity index (χ2n) is 9.86. The summed E-state index contributed by atoms with van der Waals surface area (Å²) in [5.41, 5.74) is 2.43. The molecule has 0 radical (unpaired) electrons. The lowest BCUT2D eigenvalue weighted by molar-refractivity contribution is -0.133. The Morgan fingerprint density at radius 2 is 2.03 bits per heavy atom. The fourth-order valence-corrected chi connectivity index (χ4v) is 5.53. The standard InChI is InChI=1S/C25H39N5O3/c1-28(2)20-8-6-18(7-9-20)14-26-19-13-23-25(32)27-15-21(30(23)16-19)10-11-24(31)29-12-4-5-22(29)17-33-3/h6-9,19,21-23,26H,4-5,10-17H2,1-3H3,(H,27,32)/t19-,21-,22-,23-/m1/s1. The Kier molecular flexibility index (Phi) is 7.88. The van der Waals surface area contributed by atoms with Crippen LogP contribution in [0.1, 0.15) is 37.7 Å². The summed E-state index contributed by atoms with van der Waals surface area (Å²) in [6.07, 6.45) is 4.20. The number of benzene rings is 1. The summed E-state index contributed by atoms with van der Waals surface area (Å²) in [4.78, 5) is 31.8. The lowest BCUT2D eigenvalue weighted by Gasteiger charge is -2.37. The molecule has 2 N–H and O–H groups in total. The molecular formula is C25H39N5O3. The van der Waals surface area contributed by atoms with Gasteiger partial charge >= 0.3 is 0 Å². The Morgan fingerprint density at radius 3 is 2.76 bits per heavy atom. The van der Waals surface area contributed by atoms with Gasteiger partial charge in [0.05, 0.1) is 18.7 Å². The number of nitrogens with zero attached hydrogens (tertiary/aromatic N) is 3. The molecule has 3 aliphatic rings. The number of anilines is 1. The number of methoxy groups -OCH3 is 1. The van der Waals surface area contributed by atoms with Crippen LogP contribution < -0.4 is 15.5 Å². The molecule has 0 bridgehead atoms. The van der Waals surface area contributed by atoms with Crippen LogP contribution in [0.25, 0.3) is 0 Å². The fraction of sp³-hybridized carbons (Fsp3) is 0.680. The van der Waals surface area contributed by atoms with E-state index < -0.39 is 0 Å². The van der Waals surface area contributed by atoms with Gasteiger partial charge in [-0.1, -0.05) is 12.1 Å². The molecule has 1 aromatic rings. The summed E-state index contributed by atoms with van der Waals surface area (Å²) in [5.74, 6) is 0.343. The van der Waals surface area contributed by atoms with E-state index in [9.17, 15) is 9.59 Å². The van der Waals surface area contributed by atoms with Gasteiger partial charge in [0.25, 0.3) is 0 Å². The highest BCUT2D eigenvalue weighted by atomic mass is 16.5. The van der Waals surface area contributed by atoms with E-state index in [0.29, 0.717) is 19.6 Å². The molecule has 3 aliphatic heterocycles. The second-order valence-corrected chi connectivity index (χ2v) is 9.86. The van der Waals surface area contributed by atoms with Gasteiger partial charge in [-0.15, -0.1) is 0 Å². The highest BCUT2D eigenvalue weighted by molar-refractivity contribution is 5.83. The molecule has 0 spiro atoms. The second kappa shape index (κ2) is 10.8. The fourth-order valence-electron chi connectivity index (χ4n) is 5.53. The minimum absolute atomic E-state index is 0.0968. The molecule has 8 nitrogen and oxygen atoms in total. The van der Waals surface area contributed by atoms with Crippen LogP contribution in [0.5, 0.6) is 0 Å². The number of piperazine rings is 1. The zero-order valence-corrected chi connectivity index (χ0v) is 20.3. The van der Waals surface area contributed by atoms with Crippen molar-refractivity contribution in [2.75, 3.05) is 52.3 Å². The number of amides is 2. The van der Waals surface area contributed by atoms with Crippen molar-refractivity contribution in [3.05, 3.63) is 29.8 Å². The summed E-state index contributed by atoms with van der Waals surface area (Å²) in [7, 11) is 5.78. The topological polar surface area (TPSA) is 77.1 Å². The van der Waals surface area contributed by atoms with Gasteiger partial charge in [-0.25, -0.2) is 0 Å². The largest absolute Gasteiger partial charge is 0.383 e. The van der Waals surface area contributed by atoms with Crippen molar-refractivity contribution >= 4 is 17.5 Å². The van der Waals surface area contributed by atoms with E-state index >= 15 is 0 Å². The molecule has 3 saturated heterocycles. The van der Waals surface area contributed by atoms with Gasteiger partial charge in [0.1, 0.15) is 0 Å². The van der Waals surface area contributed by atoms with Crippen LogP contribution in [-0.2, 0) is 20.9 Å². The Labute approximate surface area is 197 Å². The minimum atomic E-state index is -0.0968. The Balaban J connectivity index is 1.29. The van der Waals surface area contributed by atoms with E-state index in [2.05, 4.69) is 44.7 Å². The monoisotopic (exact) mass is 457 g/mol. The first-order valence-electron chi connectivity index (χ1n) is 12.3. The minimum Gasteiger partial charge on any atom is -0.383 e. The Bertz CT molecular complexity index is 815. The van der Waals surface area contributed by atoms with Crippen molar-refractivity contribution in [1.82, 2.24) is 20.4 Å². The molecule has 1 aromatic carbocycles. The lowest BCUT2D eigenvalue weighted by atomic mass is 10.0. The molecule has 4 atom stereocenters. The molecule has 2 amide bonds. The number of ether oxygens (including phenoxy) is 1. The number of nitrogens with one attached hydrogen (secondary N) is 2. The van der Waals surface area contributed by atoms with E-state index in [1.807, 2.05) is 19.0 Å². The Hall–Kier alpha value is -2.16.